The number of rotatable bonds is 6. The van der Waals surface area contributed by atoms with Gasteiger partial charge in [-0.2, -0.15) is 5.10 Å². The van der Waals surface area contributed by atoms with Gasteiger partial charge in [0, 0.05) is 50.2 Å². The molecule has 0 aliphatic carbocycles. The number of piperazine rings is 1. The van der Waals surface area contributed by atoms with Crippen LogP contribution >= 0.6 is 0 Å². The quantitative estimate of drug-likeness (QED) is 0.482. The highest BCUT2D eigenvalue weighted by molar-refractivity contribution is 5.92. The van der Waals surface area contributed by atoms with Crippen LogP contribution in [0.5, 0.6) is 0 Å². The lowest BCUT2D eigenvalue weighted by molar-refractivity contribution is -0.117. The third-order valence-electron chi connectivity index (χ3n) is 5.90. The Morgan fingerprint density at radius 3 is 2.32 bits per heavy atom. The zero-order valence-corrected chi connectivity index (χ0v) is 19.1. The van der Waals surface area contributed by atoms with E-state index in [1.54, 1.807) is 17.1 Å². The zero-order chi connectivity index (χ0) is 23.3. The first-order valence-corrected chi connectivity index (χ1v) is 11.4. The van der Waals surface area contributed by atoms with Gasteiger partial charge < -0.3 is 10.2 Å². The van der Waals surface area contributed by atoms with Gasteiger partial charge in [0.1, 0.15) is 5.82 Å². The van der Waals surface area contributed by atoms with E-state index in [0.717, 1.165) is 49.1 Å². The van der Waals surface area contributed by atoms with Gasteiger partial charge in [0.05, 0.1) is 17.9 Å². The van der Waals surface area contributed by atoms with Crippen LogP contribution in [-0.2, 0) is 4.79 Å². The predicted molar refractivity (Wildman–Crippen MR) is 133 cm³/mol. The summed E-state index contributed by atoms with van der Waals surface area (Å²) in [5, 5.41) is 7.87. The smallest absolute Gasteiger partial charge is 0.239 e. The Morgan fingerprint density at radius 2 is 1.62 bits per heavy atom. The van der Waals surface area contributed by atoms with Gasteiger partial charge in [-0.1, -0.05) is 48.0 Å². The fraction of sp³-hybridized carbons (Fsp3) is 0.231. The summed E-state index contributed by atoms with van der Waals surface area (Å²) in [6.07, 6.45) is 3.51. The molecule has 1 N–H and O–H groups in total. The molecule has 8 heteroatoms. The molecule has 3 heterocycles. The molecule has 8 nitrogen and oxygen atoms in total. The van der Waals surface area contributed by atoms with Crippen molar-refractivity contribution in [1.29, 1.82) is 0 Å². The fourth-order valence-corrected chi connectivity index (χ4v) is 4.05. The number of hydrogen-bond acceptors (Lipinski definition) is 6. The zero-order valence-electron chi connectivity index (χ0n) is 19.1. The predicted octanol–water partition coefficient (Wildman–Crippen LogP) is 3.40. The number of aryl methyl sites for hydroxylation is 1. The molecule has 34 heavy (non-hydrogen) atoms. The van der Waals surface area contributed by atoms with E-state index in [-0.39, 0.29) is 5.91 Å². The van der Waals surface area contributed by atoms with Gasteiger partial charge in [0.15, 0.2) is 0 Å². The molecule has 5 rings (SSSR count). The van der Waals surface area contributed by atoms with Crippen molar-refractivity contribution in [2.24, 2.45) is 0 Å². The topological polar surface area (TPSA) is 79.2 Å². The fourth-order valence-electron chi connectivity index (χ4n) is 4.05. The first-order chi connectivity index (χ1) is 16.7. The van der Waals surface area contributed by atoms with Gasteiger partial charge in [-0.25, -0.2) is 14.6 Å². The Hall–Kier alpha value is -4.04. The maximum absolute atomic E-state index is 13.0. The summed E-state index contributed by atoms with van der Waals surface area (Å²) in [6.45, 7) is 5.51. The lowest BCUT2D eigenvalue weighted by Gasteiger charge is -2.34. The highest BCUT2D eigenvalue weighted by Crippen LogP contribution is 2.25. The second-order valence-electron chi connectivity index (χ2n) is 8.39. The number of carbonyl (C=O) groups is 1. The molecular formula is C26H27N7O. The minimum atomic E-state index is -0.0584. The molecule has 0 bridgehead atoms. The summed E-state index contributed by atoms with van der Waals surface area (Å²) in [5.74, 6) is 1.34. The van der Waals surface area contributed by atoms with E-state index in [2.05, 4.69) is 56.3 Å². The highest BCUT2D eigenvalue weighted by atomic mass is 16.2. The van der Waals surface area contributed by atoms with Crippen molar-refractivity contribution in [2.45, 2.75) is 6.92 Å². The van der Waals surface area contributed by atoms with Crippen molar-refractivity contribution >= 4 is 17.7 Å². The van der Waals surface area contributed by atoms with Crippen molar-refractivity contribution < 1.29 is 4.79 Å². The molecule has 1 aliphatic rings. The van der Waals surface area contributed by atoms with E-state index in [0.29, 0.717) is 12.4 Å². The number of anilines is 2. The molecule has 0 unspecified atom stereocenters. The average molecular weight is 454 g/mol. The van der Waals surface area contributed by atoms with Crippen LogP contribution in [0.3, 0.4) is 0 Å². The SMILES string of the molecule is Cc1ccc(-c2cc(NC(=O)CN3CCN(c4ncccn4)CC3)n(-c3ccccc3)n2)cc1. The third-order valence-corrected chi connectivity index (χ3v) is 5.90. The van der Waals surface area contributed by atoms with Crippen LogP contribution in [0.4, 0.5) is 11.8 Å². The van der Waals surface area contributed by atoms with Gasteiger partial charge in [-0.3, -0.25) is 9.69 Å². The van der Waals surface area contributed by atoms with Crippen molar-refractivity contribution in [3.63, 3.8) is 0 Å². The van der Waals surface area contributed by atoms with Crippen LogP contribution in [-0.4, -0.2) is 63.3 Å². The number of amides is 1. The maximum Gasteiger partial charge on any atom is 0.239 e. The minimum Gasteiger partial charge on any atom is -0.338 e. The molecule has 2 aromatic heterocycles. The number of hydrogen-bond donors (Lipinski definition) is 1. The number of nitrogens with zero attached hydrogens (tertiary/aromatic N) is 6. The van der Waals surface area contributed by atoms with E-state index in [1.807, 2.05) is 42.5 Å². The van der Waals surface area contributed by atoms with Gasteiger partial charge >= 0.3 is 0 Å². The monoisotopic (exact) mass is 453 g/mol. The second-order valence-corrected chi connectivity index (χ2v) is 8.39. The highest BCUT2D eigenvalue weighted by Gasteiger charge is 2.21. The van der Waals surface area contributed by atoms with Crippen LogP contribution in [0.2, 0.25) is 0 Å². The molecule has 1 amide bonds. The number of carbonyl (C=O) groups excluding carboxylic acids is 1. The van der Waals surface area contributed by atoms with Crippen LogP contribution in [0.25, 0.3) is 16.9 Å². The summed E-state index contributed by atoms with van der Waals surface area (Å²) in [5.41, 5.74) is 3.91. The van der Waals surface area contributed by atoms with E-state index < -0.39 is 0 Å². The Balaban J connectivity index is 1.28. The second kappa shape index (κ2) is 9.84. The van der Waals surface area contributed by atoms with Crippen molar-refractivity contribution in [3.8, 4) is 16.9 Å². The number of para-hydroxylation sites is 1. The molecule has 2 aromatic carbocycles. The van der Waals surface area contributed by atoms with Crippen LogP contribution < -0.4 is 10.2 Å². The third kappa shape index (κ3) is 4.97. The molecule has 1 saturated heterocycles. The molecule has 1 fully saturated rings. The van der Waals surface area contributed by atoms with Crippen molar-refractivity contribution in [2.75, 3.05) is 42.9 Å². The van der Waals surface area contributed by atoms with Gasteiger partial charge in [0.25, 0.3) is 0 Å². The molecule has 172 valence electrons. The Bertz CT molecular complexity index is 1230. The maximum atomic E-state index is 13.0. The van der Waals surface area contributed by atoms with Gasteiger partial charge in [-0.05, 0) is 25.1 Å². The summed E-state index contributed by atoms with van der Waals surface area (Å²) < 4.78 is 1.79. The first-order valence-electron chi connectivity index (χ1n) is 11.4. The van der Waals surface area contributed by atoms with Gasteiger partial charge in [-0.15, -0.1) is 0 Å². The molecule has 0 radical (unpaired) electrons. The molecule has 1 aliphatic heterocycles. The summed E-state index contributed by atoms with van der Waals surface area (Å²) in [7, 11) is 0. The van der Waals surface area contributed by atoms with E-state index >= 15 is 0 Å². The molecule has 0 atom stereocenters. The molecule has 0 saturated carbocycles. The summed E-state index contributed by atoms with van der Waals surface area (Å²) in [6, 6.07) is 21.8. The lowest BCUT2D eigenvalue weighted by Crippen LogP contribution is -2.49. The Morgan fingerprint density at radius 1 is 0.912 bits per heavy atom. The van der Waals surface area contributed by atoms with Crippen molar-refractivity contribution in [3.05, 3.63) is 84.7 Å². The summed E-state index contributed by atoms with van der Waals surface area (Å²) in [4.78, 5) is 25.9. The lowest BCUT2D eigenvalue weighted by atomic mass is 10.1. The van der Waals surface area contributed by atoms with E-state index in [4.69, 9.17) is 5.10 Å². The van der Waals surface area contributed by atoms with Gasteiger partial charge in [0.2, 0.25) is 11.9 Å². The van der Waals surface area contributed by atoms with Crippen LogP contribution in [0.15, 0.2) is 79.1 Å². The minimum absolute atomic E-state index is 0.0584. The molecule has 0 spiro atoms. The van der Waals surface area contributed by atoms with Crippen LogP contribution in [0, 0.1) is 6.92 Å². The summed E-state index contributed by atoms with van der Waals surface area (Å²) >= 11 is 0. The largest absolute Gasteiger partial charge is 0.338 e. The first kappa shape index (κ1) is 21.8. The normalized spacial score (nSPS) is 14.2. The Labute approximate surface area is 198 Å². The number of benzene rings is 2. The van der Waals surface area contributed by atoms with Crippen LogP contribution in [0.1, 0.15) is 5.56 Å². The van der Waals surface area contributed by atoms with E-state index in [9.17, 15) is 4.79 Å². The number of aromatic nitrogens is 4. The standard InChI is InChI=1S/C26H27N7O/c1-20-8-10-21(11-9-20)23-18-24(33(30-23)22-6-3-2-4-7-22)29-25(34)19-31-14-16-32(17-15-31)26-27-12-5-13-28-26/h2-13,18H,14-17,19H2,1H3,(H,29,34). The average Bonchev–Trinajstić information content (AvgIpc) is 3.29. The Kier molecular flexibility index (Phi) is 6.31. The molecular weight excluding hydrogens is 426 g/mol. The van der Waals surface area contributed by atoms with Crippen molar-refractivity contribution in [1.82, 2.24) is 24.6 Å². The number of nitrogens with one attached hydrogen (secondary N) is 1. The molecule has 4 aromatic rings. The van der Waals surface area contributed by atoms with E-state index in [1.165, 1.54) is 5.56 Å².